The van der Waals surface area contributed by atoms with E-state index in [1.165, 1.54) is 30.2 Å². The first kappa shape index (κ1) is 18.7. The highest BCUT2D eigenvalue weighted by Gasteiger charge is 2.43. The van der Waals surface area contributed by atoms with Crippen LogP contribution in [0.1, 0.15) is 32.3 Å². The van der Waals surface area contributed by atoms with E-state index in [-0.39, 0.29) is 29.0 Å². The number of nitrogens with zero attached hydrogens (tertiary/aromatic N) is 1. The average molecular weight is 358 g/mol. The second kappa shape index (κ2) is 7.07. The minimum Gasteiger partial charge on any atom is -0.481 e. The lowest BCUT2D eigenvalue weighted by molar-refractivity contribution is -0.141. The van der Waals surface area contributed by atoms with E-state index < -0.39 is 23.2 Å². The van der Waals surface area contributed by atoms with Gasteiger partial charge in [0.15, 0.2) is 0 Å². The summed E-state index contributed by atoms with van der Waals surface area (Å²) < 4.78 is 19.6. The maximum Gasteiger partial charge on any atom is 0.305 e. The van der Waals surface area contributed by atoms with E-state index >= 15 is 0 Å². The fourth-order valence-corrected chi connectivity index (χ4v) is 3.32. The summed E-state index contributed by atoms with van der Waals surface area (Å²) in [7, 11) is 1.53. The van der Waals surface area contributed by atoms with Gasteiger partial charge >= 0.3 is 5.97 Å². The number of carboxylic acid groups (broad SMARTS) is 1. The Kier molecular flexibility index (Phi) is 5.50. The topological polar surface area (TPSA) is 66.8 Å². The molecule has 5 nitrogen and oxygen atoms in total. The molecule has 0 radical (unpaired) electrons. The number of carbonyl (C=O) groups is 2. The van der Waals surface area contributed by atoms with Gasteiger partial charge in [0.05, 0.1) is 17.9 Å². The number of aliphatic carboxylic acids is 1. The molecule has 2 unspecified atom stereocenters. The van der Waals surface area contributed by atoms with Crippen LogP contribution in [0.4, 0.5) is 4.39 Å². The molecule has 132 valence electrons. The van der Waals surface area contributed by atoms with E-state index in [9.17, 15) is 14.0 Å². The smallest absolute Gasteiger partial charge is 0.305 e. The zero-order chi connectivity index (χ0) is 18.1. The van der Waals surface area contributed by atoms with Crippen LogP contribution in [-0.2, 0) is 19.7 Å². The van der Waals surface area contributed by atoms with Gasteiger partial charge in [-0.3, -0.25) is 9.59 Å². The van der Waals surface area contributed by atoms with Crippen LogP contribution in [0.5, 0.6) is 0 Å². The van der Waals surface area contributed by atoms with Crippen molar-refractivity contribution in [2.75, 3.05) is 13.7 Å². The lowest BCUT2D eigenvalue weighted by Gasteiger charge is -2.33. The monoisotopic (exact) mass is 357 g/mol. The molecule has 1 aliphatic rings. The highest BCUT2D eigenvalue weighted by Crippen LogP contribution is 2.33. The number of amides is 1. The summed E-state index contributed by atoms with van der Waals surface area (Å²) in [5, 5.41) is 9.33. The van der Waals surface area contributed by atoms with E-state index in [1.54, 1.807) is 13.8 Å². The zero-order valence-electron chi connectivity index (χ0n) is 13.9. The standard InChI is InChI=1S/C17H21ClFNO4/c1-17(2,13-5-4-10(18)6-14(13)19)16(23)20-9-12(24-3)7-11(20)8-15(21)22/h4-6,11-12H,7-9H2,1-3H3,(H,21,22). The molecule has 1 aliphatic heterocycles. The van der Waals surface area contributed by atoms with Crippen LogP contribution in [0, 0.1) is 5.82 Å². The van der Waals surface area contributed by atoms with E-state index in [0.29, 0.717) is 13.0 Å². The van der Waals surface area contributed by atoms with E-state index in [0.717, 1.165) is 0 Å². The van der Waals surface area contributed by atoms with Crippen molar-refractivity contribution >= 4 is 23.5 Å². The first-order chi connectivity index (χ1) is 11.2. The Labute approximate surface area is 145 Å². The largest absolute Gasteiger partial charge is 0.481 e. The normalized spacial score (nSPS) is 21.1. The van der Waals surface area contributed by atoms with Gasteiger partial charge in [-0.2, -0.15) is 0 Å². The van der Waals surface area contributed by atoms with Gasteiger partial charge in [-0.25, -0.2) is 4.39 Å². The maximum atomic E-state index is 14.3. The van der Waals surface area contributed by atoms with Crippen molar-refractivity contribution < 1.29 is 23.8 Å². The Morgan fingerprint density at radius 3 is 2.67 bits per heavy atom. The number of halogens is 2. The predicted octanol–water partition coefficient (Wildman–Crippen LogP) is 2.85. The fraction of sp³-hybridized carbons (Fsp3) is 0.529. The summed E-state index contributed by atoms with van der Waals surface area (Å²) in [4.78, 5) is 25.6. The average Bonchev–Trinajstić information content (AvgIpc) is 2.88. The van der Waals surface area contributed by atoms with Crippen LogP contribution in [0.3, 0.4) is 0 Å². The number of carbonyl (C=O) groups excluding carboxylic acids is 1. The highest BCUT2D eigenvalue weighted by molar-refractivity contribution is 6.30. The molecule has 2 atom stereocenters. The molecule has 1 saturated heterocycles. The summed E-state index contributed by atoms with van der Waals surface area (Å²) >= 11 is 5.77. The number of ether oxygens (including phenoxy) is 1. The van der Waals surface area contributed by atoms with E-state index in [1.807, 2.05) is 0 Å². The van der Waals surface area contributed by atoms with Gasteiger partial charge in [-0.1, -0.05) is 17.7 Å². The van der Waals surface area contributed by atoms with Gasteiger partial charge < -0.3 is 14.7 Å². The first-order valence-corrected chi connectivity index (χ1v) is 8.05. The van der Waals surface area contributed by atoms with Crippen LogP contribution in [0.15, 0.2) is 18.2 Å². The number of benzene rings is 1. The van der Waals surface area contributed by atoms with Crippen molar-refractivity contribution in [2.24, 2.45) is 0 Å². The van der Waals surface area contributed by atoms with Crippen molar-refractivity contribution in [2.45, 2.75) is 44.2 Å². The molecular formula is C17H21ClFNO4. The molecule has 1 N–H and O–H groups in total. The predicted molar refractivity (Wildman–Crippen MR) is 87.6 cm³/mol. The second-order valence-corrected chi connectivity index (χ2v) is 6.99. The molecule has 2 rings (SSSR count). The molecule has 1 amide bonds. The minimum atomic E-state index is -1.14. The van der Waals surface area contributed by atoms with Gasteiger partial charge in [0.2, 0.25) is 5.91 Å². The molecule has 24 heavy (non-hydrogen) atoms. The molecule has 0 spiro atoms. The number of hydrogen-bond acceptors (Lipinski definition) is 3. The van der Waals surface area contributed by atoms with Gasteiger partial charge in [-0.05, 0) is 32.4 Å². The van der Waals surface area contributed by atoms with Gasteiger partial charge in [0, 0.05) is 30.3 Å². The summed E-state index contributed by atoms with van der Waals surface area (Å²) in [6.45, 7) is 3.55. The van der Waals surface area contributed by atoms with Crippen molar-refractivity contribution in [1.82, 2.24) is 4.90 Å². The van der Waals surface area contributed by atoms with Gasteiger partial charge in [-0.15, -0.1) is 0 Å². The summed E-state index contributed by atoms with van der Waals surface area (Å²) in [6, 6.07) is 3.73. The van der Waals surface area contributed by atoms with Gasteiger partial charge in [0.1, 0.15) is 5.82 Å². The fourth-order valence-electron chi connectivity index (χ4n) is 3.16. The van der Waals surface area contributed by atoms with E-state index in [4.69, 9.17) is 21.4 Å². The summed E-state index contributed by atoms with van der Waals surface area (Å²) in [6.07, 6.45) is 0.0718. The van der Waals surface area contributed by atoms with Crippen molar-refractivity contribution in [3.05, 3.63) is 34.6 Å². The molecule has 1 heterocycles. The lowest BCUT2D eigenvalue weighted by Crippen LogP contribution is -2.47. The molecule has 1 aromatic carbocycles. The van der Waals surface area contributed by atoms with Crippen LogP contribution >= 0.6 is 11.6 Å². The Balaban J connectivity index is 2.31. The zero-order valence-corrected chi connectivity index (χ0v) is 14.6. The quantitative estimate of drug-likeness (QED) is 0.880. The van der Waals surface area contributed by atoms with Crippen LogP contribution in [0.25, 0.3) is 0 Å². The third kappa shape index (κ3) is 3.70. The molecule has 0 bridgehead atoms. The van der Waals surface area contributed by atoms with Crippen LogP contribution in [-0.4, -0.2) is 47.7 Å². The number of hydrogen-bond donors (Lipinski definition) is 1. The maximum absolute atomic E-state index is 14.3. The van der Waals surface area contributed by atoms with Crippen LogP contribution in [0.2, 0.25) is 5.02 Å². The van der Waals surface area contributed by atoms with E-state index in [2.05, 4.69) is 0 Å². The first-order valence-electron chi connectivity index (χ1n) is 7.68. The van der Waals surface area contributed by atoms with Crippen molar-refractivity contribution in [3.8, 4) is 0 Å². The Bertz CT molecular complexity index is 649. The molecule has 0 aliphatic carbocycles. The molecule has 0 aromatic heterocycles. The number of methoxy groups -OCH3 is 1. The lowest BCUT2D eigenvalue weighted by atomic mass is 9.82. The highest BCUT2D eigenvalue weighted by atomic mass is 35.5. The third-order valence-corrected chi connectivity index (χ3v) is 4.75. The number of rotatable bonds is 5. The SMILES string of the molecule is COC1CC(CC(=O)O)N(C(=O)C(C)(C)c2ccc(Cl)cc2F)C1. The minimum absolute atomic E-state index is 0.162. The van der Waals surface area contributed by atoms with Crippen molar-refractivity contribution in [1.29, 1.82) is 0 Å². The Hall–Kier alpha value is -1.66. The molecule has 7 heteroatoms. The van der Waals surface area contributed by atoms with Gasteiger partial charge in [0.25, 0.3) is 0 Å². The molecule has 0 saturated carbocycles. The summed E-state index contributed by atoms with van der Waals surface area (Å²) in [5.74, 6) is -1.86. The Morgan fingerprint density at radius 2 is 2.12 bits per heavy atom. The molecular weight excluding hydrogens is 337 g/mol. The second-order valence-electron chi connectivity index (χ2n) is 6.55. The third-order valence-electron chi connectivity index (χ3n) is 4.52. The molecule has 1 fully saturated rings. The molecule has 1 aromatic rings. The Morgan fingerprint density at radius 1 is 1.46 bits per heavy atom. The number of likely N-dealkylation sites (tertiary alicyclic amines) is 1. The van der Waals surface area contributed by atoms with Crippen LogP contribution < -0.4 is 0 Å². The van der Waals surface area contributed by atoms with Crippen molar-refractivity contribution in [3.63, 3.8) is 0 Å². The number of carboxylic acids is 1. The summed E-state index contributed by atoms with van der Waals surface area (Å²) in [5.41, 5.74) is -0.916.